The van der Waals surface area contributed by atoms with E-state index < -0.39 is 0 Å². The molecule has 17 rings (SSSR count). The summed E-state index contributed by atoms with van der Waals surface area (Å²) in [6.07, 6.45) is 8.70. The lowest BCUT2D eigenvalue weighted by atomic mass is 9.98. The van der Waals surface area contributed by atoms with E-state index in [0.29, 0.717) is 33.4 Å². The highest BCUT2D eigenvalue weighted by Crippen LogP contribution is 2.47. The lowest BCUT2D eigenvalue weighted by Gasteiger charge is -2.14. The highest BCUT2D eigenvalue weighted by molar-refractivity contribution is 6.19. The second-order valence-electron chi connectivity index (χ2n) is 22.0. The Kier molecular flexibility index (Phi) is 10.2. The first kappa shape index (κ1) is 47.6. The third kappa shape index (κ3) is 7.00. The molecule has 0 saturated carbocycles. The van der Waals surface area contributed by atoms with E-state index in [0.717, 1.165) is 150 Å². The van der Waals surface area contributed by atoms with Crippen molar-refractivity contribution in [3.63, 3.8) is 0 Å². The molecule has 1 aliphatic rings. The summed E-state index contributed by atoms with van der Waals surface area (Å²) in [6.45, 7) is 0. The summed E-state index contributed by atoms with van der Waals surface area (Å²) in [7, 11) is 0. The van der Waals surface area contributed by atoms with Gasteiger partial charge >= 0.3 is 0 Å². The van der Waals surface area contributed by atoms with Crippen LogP contribution in [0, 0.1) is 45.3 Å². The zero-order valence-corrected chi connectivity index (χ0v) is 45.3. The van der Waals surface area contributed by atoms with Gasteiger partial charge in [-0.05, 0) is 169 Å². The van der Waals surface area contributed by atoms with Crippen molar-refractivity contribution in [1.29, 1.82) is 21.0 Å². The zero-order valence-electron chi connectivity index (χ0n) is 45.3. The highest BCUT2D eigenvalue weighted by Gasteiger charge is 2.27. The van der Waals surface area contributed by atoms with E-state index in [9.17, 15) is 21.0 Å². The first-order chi connectivity index (χ1) is 41.9. The molecule has 5 aromatic heterocycles. The van der Waals surface area contributed by atoms with Crippen molar-refractivity contribution < 1.29 is 4.42 Å². The van der Waals surface area contributed by atoms with Gasteiger partial charge in [-0.25, -0.2) is 0 Å². The number of nitriles is 4. The number of fused-ring (bicyclic) bond motifs is 15. The van der Waals surface area contributed by atoms with Crippen molar-refractivity contribution >= 4 is 115 Å². The van der Waals surface area contributed by atoms with Gasteiger partial charge in [0.1, 0.15) is 0 Å². The summed E-state index contributed by atoms with van der Waals surface area (Å²) in [4.78, 5) is 0. The molecular weight excluding hydrogens is 1040 g/mol. The second-order valence-corrected chi connectivity index (χ2v) is 22.0. The largest absolute Gasteiger partial charge is 0.452 e. The van der Waals surface area contributed by atoms with E-state index in [-0.39, 0.29) is 0 Å². The molecule has 5 heterocycles. The normalized spacial score (nSPS) is 12.6. The summed E-state index contributed by atoms with van der Waals surface area (Å²) in [5, 5.41) is 50.9. The molecule has 0 saturated heterocycles. The third-order valence-electron chi connectivity index (χ3n) is 17.4. The zero-order chi connectivity index (χ0) is 56.6. The predicted octanol–water partition coefficient (Wildman–Crippen LogP) is 18.9. The minimum Gasteiger partial charge on any atom is -0.452 e. The molecule has 0 aliphatic heterocycles. The topological polar surface area (TPSA) is 128 Å². The van der Waals surface area contributed by atoms with E-state index >= 15 is 0 Å². The van der Waals surface area contributed by atoms with Gasteiger partial charge in [-0.15, -0.1) is 0 Å². The Bertz CT molecular complexity index is 5900. The molecule has 9 nitrogen and oxygen atoms in total. The SMILES string of the molecule is N#Cc1ccc2c(c1)c1ccccc1n2-c1cc(-n2c3ccc(C#N)cc3c3cc(C4=CCCC=C4)ccc32)c2oc3c(-n4c5ccccc5c5cc(C#N)ccc54)cc(-n4c5ccc(C#N)cc5c5cc(-c6ccccc6)ccc54)cc3c2c1. The van der Waals surface area contributed by atoms with Gasteiger partial charge < -0.3 is 22.7 Å². The van der Waals surface area contributed by atoms with Crippen LogP contribution in [-0.2, 0) is 0 Å². The fraction of sp³-hybridized carbons (Fsp3) is 0.0263. The Hall–Kier alpha value is -12.1. The van der Waals surface area contributed by atoms with Crippen LogP contribution in [0.25, 0.3) is 149 Å². The van der Waals surface area contributed by atoms with Crippen LogP contribution < -0.4 is 0 Å². The van der Waals surface area contributed by atoms with Gasteiger partial charge in [-0.2, -0.15) is 21.0 Å². The van der Waals surface area contributed by atoms with E-state index in [1.165, 1.54) is 5.57 Å². The molecule has 0 spiro atoms. The van der Waals surface area contributed by atoms with E-state index in [1.54, 1.807) is 0 Å². The lowest BCUT2D eigenvalue weighted by Crippen LogP contribution is -2.00. The molecule has 0 radical (unpaired) electrons. The molecule has 16 aromatic rings. The Balaban J connectivity index is 1.05. The van der Waals surface area contributed by atoms with Crippen LogP contribution in [0.4, 0.5) is 0 Å². The summed E-state index contributed by atoms with van der Waals surface area (Å²) in [6, 6.07) is 82.5. The van der Waals surface area contributed by atoms with Crippen LogP contribution >= 0.6 is 0 Å². The van der Waals surface area contributed by atoms with Crippen LogP contribution in [0.3, 0.4) is 0 Å². The molecule has 0 fully saturated rings. The molecule has 9 heteroatoms. The lowest BCUT2D eigenvalue weighted by molar-refractivity contribution is 0.663. The summed E-state index contributed by atoms with van der Waals surface area (Å²) >= 11 is 0. The minimum absolute atomic E-state index is 0.563. The molecule has 85 heavy (non-hydrogen) atoms. The van der Waals surface area contributed by atoms with Gasteiger partial charge in [0.2, 0.25) is 0 Å². The van der Waals surface area contributed by atoms with Crippen molar-refractivity contribution in [2.24, 2.45) is 0 Å². The average molecular weight is 1080 g/mol. The number of para-hydroxylation sites is 2. The molecule has 0 atom stereocenters. The maximum absolute atomic E-state index is 10.4. The number of nitrogens with zero attached hydrogens (tertiary/aromatic N) is 8. The Morgan fingerprint density at radius 2 is 0.694 bits per heavy atom. The quantitative estimate of drug-likeness (QED) is 0.164. The molecular formula is C76H42N8O. The minimum atomic E-state index is 0.563. The maximum atomic E-state index is 10.4. The van der Waals surface area contributed by atoms with E-state index in [4.69, 9.17) is 4.42 Å². The van der Waals surface area contributed by atoms with Crippen LogP contribution in [0.1, 0.15) is 40.7 Å². The van der Waals surface area contributed by atoms with Crippen LogP contribution in [0.5, 0.6) is 0 Å². The number of aromatic nitrogens is 4. The van der Waals surface area contributed by atoms with Gasteiger partial charge in [-0.1, -0.05) is 97.1 Å². The Morgan fingerprint density at radius 3 is 1.16 bits per heavy atom. The number of benzene rings is 11. The second kappa shape index (κ2) is 18.2. The Morgan fingerprint density at radius 1 is 0.306 bits per heavy atom. The summed E-state index contributed by atoms with van der Waals surface area (Å²) in [5.74, 6) is 0. The van der Waals surface area contributed by atoms with Crippen molar-refractivity contribution in [3.05, 3.63) is 258 Å². The standard InChI is InChI=1S/C76H42N8O/c77-41-45-19-25-67-57(31-45)55-15-7-9-17-65(55)81(67)53-37-63-64-38-54(82-68-26-20-47(43-79)33-59(68)61-35-51(23-29-69(61)82)49-11-3-1-4-12-49)40-73(83-66-18-10-8-16-56(66)58-32-46(42-78)21-27-70(58)83)75(64)85-76(63)74(39-53)84-71-28-22-48(44-80)34-60(71)62-36-52(24-30-72(62)84)50-13-5-2-6-14-50/h1,3-5,7-40H,2,6H2. The van der Waals surface area contributed by atoms with Crippen molar-refractivity contribution in [2.75, 3.05) is 0 Å². The Labute approximate surface area is 485 Å². The first-order valence-corrected chi connectivity index (χ1v) is 28.3. The number of allylic oxidation sites excluding steroid dienone is 4. The highest BCUT2D eigenvalue weighted by atomic mass is 16.3. The monoisotopic (exact) mass is 1080 g/mol. The predicted molar refractivity (Wildman–Crippen MR) is 342 cm³/mol. The number of rotatable bonds is 6. The third-order valence-corrected chi connectivity index (χ3v) is 17.4. The van der Waals surface area contributed by atoms with Crippen LogP contribution in [-0.4, -0.2) is 18.3 Å². The number of furan rings is 1. The average Bonchev–Trinajstić information content (AvgIpc) is 1.71. The van der Waals surface area contributed by atoms with E-state index in [1.807, 2.05) is 78.9 Å². The molecule has 0 bridgehead atoms. The molecule has 1 aliphatic carbocycles. The molecule has 392 valence electrons. The fourth-order valence-corrected chi connectivity index (χ4v) is 13.7. The van der Waals surface area contributed by atoms with Crippen molar-refractivity contribution in [2.45, 2.75) is 12.8 Å². The van der Waals surface area contributed by atoms with Crippen molar-refractivity contribution in [1.82, 2.24) is 18.3 Å². The fourth-order valence-electron chi connectivity index (χ4n) is 13.7. The van der Waals surface area contributed by atoms with Crippen LogP contribution in [0.2, 0.25) is 0 Å². The number of hydrogen-bond donors (Lipinski definition) is 0. The van der Waals surface area contributed by atoms with Gasteiger partial charge in [0.25, 0.3) is 0 Å². The first-order valence-electron chi connectivity index (χ1n) is 28.3. The van der Waals surface area contributed by atoms with Gasteiger partial charge in [0.15, 0.2) is 11.2 Å². The van der Waals surface area contributed by atoms with Crippen molar-refractivity contribution in [3.8, 4) is 58.2 Å². The van der Waals surface area contributed by atoms with E-state index in [2.05, 4.69) is 194 Å². The molecule has 0 unspecified atom stereocenters. The maximum Gasteiger partial charge on any atom is 0.159 e. The molecule has 0 amide bonds. The van der Waals surface area contributed by atoms with Crippen LogP contribution in [0.15, 0.2) is 235 Å². The number of hydrogen-bond acceptors (Lipinski definition) is 5. The molecule has 0 N–H and O–H groups in total. The van der Waals surface area contributed by atoms with Gasteiger partial charge in [0.05, 0.1) is 102 Å². The smallest absolute Gasteiger partial charge is 0.159 e. The summed E-state index contributed by atoms with van der Waals surface area (Å²) in [5.41, 5.74) is 18.8. The van der Waals surface area contributed by atoms with Gasteiger partial charge in [-0.3, -0.25) is 0 Å². The molecule has 11 aromatic carbocycles. The van der Waals surface area contributed by atoms with Gasteiger partial charge in [0, 0.05) is 65.2 Å². The summed E-state index contributed by atoms with van der Waals surface area (Å²) < 4.78 is 16.9.